The molecule has 0 atom stereocenters. The van der Waals surface area contributed by atoms with Crippen LogP contribution < -0.4 is 0 Å². The second-order valence-electron chi connectivity index (χ2n) is 2.61. The highest BCUT2D eigenvalue weighted by Crippen LogP contribution is 2.25. The first-order valence-corrected chi connectivity index (χ1v) is 4.81. The summed E-state index contributed by atoms with van der Waals surface area (Å²) in [5.74, 6) is -0.530. The van der Waals surface area contributed by atoms with Crippen molar-refractivity contribution < 1.29 is 9.53 Å². The molecule has 76 valence electrons. The predicted molar refractivity (Wildman–Crippen MR) is 55.0 cm³/mol. The van der Waals surface area contributed by atoms with Gasteiger partial charge in [0.25, 0.3) is 0 Å². The predicted octanol–water partition coefficient (Wildman–Crippen LogP) is 2.87. The molecular formula is C9H9Cl2NO2. The number of carbonyl (C=O) groups is 1. The van der Waals surface area contributed by atoms with Crippen molar-refractivity contribution in [3.63, 3.8) is 0 Å². The number of nitrogens with zero attached hydrogens (tertiary/aromatic N) is 1. The van der Waals surface area contributed by atoms with Crippen molar-refractivity contribution in [3.05, 3.63) is 27.5 Å². The van der Waals surface area contributed by atoms with Gasteiger partial charge in [-0.3, -0.25) is 0 Å². The molecule has 0 aliphatic carbocycles. The van der Waals surface area contributed by atoms with Crippen LogP contribution in [0.5, 0.6) is 0 Å². The Hall–Kier alpha value is -0.800. The minimum absolute atomic E-state index is 0.107. The van der Waals surface area contributed by atoms with Gasteiger partial charge in [0.15, 0.2) is 5.69 Å². The maximum absolute atomic E-state index is 11.3. The lowest BCUT2D eigenvalue weighted by molar-refractivity contribution is 0.0519. The molecule has 0 aliphatic heterocycles. The smallest absolute Gasteiger partial charge is 0.358 e. The fraction of sp³-hybridized carbons (Fsp3) is 0.333. The van der Waals surface area contributed by atoms with Crippen LogP contribution in [0.15, 0.2) is 6.20 Å². The summed E-state index contributed by atoms with van der Waals surface area (Å²) >= 11 is 11.6. The average Bonchev–Trinajstić information content (AvgIpc) is 2.15. The van der Waals surface area contributed by atoms with Crippen molar-refractivity contribution in [2.45, 2.75) is 13.8 Å². The fourth-order valence-electron chi connectivity index (χ4n) is 0.899. The van der Waals surface area contributed by atoms with Gasteiger partial charge < -0.3 is 4.74 Å². The number of aromatic nitrogens is 1. The van der Waals surface area contributed by atoms with E-state index in [1.807, 2.05) is 0 Å². The van der Waals surface area contributed by atoms with Crippen molar-refractivity contribution >= 4 is 29.2 Å². The molecule has 0 saturated carbocycles. The number of ether oxygens (including phenoxy) is 1. The molecule has 1 aromatic rings. The van der Waals surface area contributed by atoms with Crippen LogP contribution in [-0.2, 0) is 4.74 Å². The number of carbonyl (C=O) groups excluding carboxylic acids is 1. The largest absolute Gasteiger partial charge is 0.461 e. The summed E-state index contributed by atoms with van der Waals surface area (Å²) in [6.07, 6.45) is 1.38. The first-order valence-electron chi connectivity index (χ1n) is 4.05. The van der Waals surface area contributed by atoms with Crippen LogP contribution in [0.1, 0.15) is 23.0 Å². The molecule has 0 N–H and O–H groups in total. The highest BCUT2D eigenvalue weighted by atomic mass is 35.5. The monoisotopic (exact) mass is 233 g/mol. The van der Waals surface area contributed by atoms with Gasteiger partial charge in [0.2, 0.25) is 0 Å². The zero-order valence-electron chi connectivity index (χ0n) is 7.80. The molecule has 1 heterocycles. The topological polar surface area (TPSA) is 39.2 Å². The molecule has 0 amide bonds. The van der Waals surface area contributed by atoms with Crippen LogP contribution in [0.25, 0.3) is 0 Å². The third-order valence-electron chi connectivity index (χ3n) is 1.67. The van der Waals surface area contributed by atoms with Gasteiger partial charge in [-0.1, -0.05) is 23.2 Å². The summed E-state index contributed by atoms with van der Waals surface area (Å²) in [6.45, 7) is 3.72. The van der Waals surface area contributed by atoms with Gasteiger partial charge in [-0.05, 0) is 19.4 Å². The number of rotatable bonds is 2. The Bertz CT molecular complexity index is 366. The lowest BCUT2D eigenvalue weighted by Gasteiger charge is -2.06. The number of pyridine rings is 1. The molecule has 0 fully saturated rings. The van der Waals surface area contributed by atoms with Gasteiger partial charge in [0.1, 0.15) is 0 Å². The Morgan fingerprint density at radius 2 is 2.21 bits per heavy atom. The van der Waals surface area contributed by atoms with Gasteiger partial charge in [-0.25, -0.2) is 9.78 Å². The van der Waals surface area contributed by atoms with E-state index in [2.05, 4.69) is 4.98 Å². The molecule has 3 nitrogen and oxygen atoms in total. The van der Waals surface area contributed by atoms with Gasteiger partial charge in [0, 0.05) is 6.20 Å². The van der Waals surface area contributed by atoms with E-state index in [4.69, 9.17) is 27.9 Å². The maximum atomic E-state index is 11.3. The number of halogens is 2. The third kappa shape index (κ3) is 2.16. The van der Waals surface area contributed by atoms with Crippen molar-refractivity contribution in [2.75, 3.05) is 6.61 Å². The highest BCUT2D eigenvalue weighted by Gasteiger charge is 2.16. The van der Waals surface area contributed by atoms with E-state index >= 15 is 0 Å². The quantitative estimate of drug-likeness (QED) is 0.738. The van der Waals surface area contributed by atoms with E-state index in [9.17, 15) is 4.79 Å². The van der Waals surface area contributed by atoms with E-state index in [-0.39, 0.29) is 10.7 Å². The molecule has 1 rings (SSSR count). The number of esters is 1. The maximum Gasteiger partial charge on any atom is 0.358 e. The molecule has 0 spiro atoms. The van der Waals surface area contributed by atoms with Crippen LogP contribution in [0.3, 0.4) is 0 Å². The number of hydrogen-bond acceptors (Lipinski definition) is 3. The summed E-state index contributed by atoms with van der Waals surface area (Å²) in [7, 11) is 0. The molecule has 1 aromatic heterocycles. The van der Waals surface area contributed by atoms with E-state index in [0.29, 0.717) is 17.2 Å². The summed E-state index contributed by atoms with van der Waals surface area (Å²) < 4.78 is 4.77. The van der Waals surface area contributed by atoms with Crippen molar-refractivity contribution in [1.29, 1.82) is 0 Å². The SMILES string of the molecule is CCOC(=O)c1ncc(Cl)c(C)c1Cl. The van der Waals surface area contributed by atoms with E-state index in [1.54, 1.807) is 13.8 Å². The third-order valence-corrected chi connectivity index (χ3v) is 2.51. The molecule has 0 radical (unpaired) electrons. The molecular weight excluding hydrogens is 225 g/mol. The average molecular weight is 234 g/mol. The molecule has 5 heteroatoms. The van der Waals surface area contributed by atoms with Crippen molar-refractivity contribution in [1.82, 2.24) is 4.98 Å². The van der Waals surface area contributed by atoms with Crippen LogP contribution in [0.4, 0.5) is 0 Å². The van der Waals surface area contributed by atoms with Gasteiger partial charge in [0.05, 0.1) is 16.7 Å². The fourth-order valence-corrected chi connectivity index (χ4v) is 1.32. The molecule has 0 bridgehead atoms. The van der Waals surface area contributed by atoms with Gasteiger partial charge >= 0.3 is 5.97 Å². The van der Waals surface area contributed by atoms with Crippen LogP contribution in [0, 0.1) is 6.92 Å². The Kier molecular flexibility index (Phi) is 3.72. The summed E-state index contributed by atoms with van der Waals surface area (Å²) in [4.78, 5) is 15.1. The van der Waals surface area contributed by atoms with Crippen LogP contribution in [0.2, 0.25) is 10.0 Å². The minimum atomic E-state index is -0.530. The highest BCUT2D eigenvalue weighted by molar-refractivity contribution is 6.37. The molecule has 0 aromatic carbocycles. The number of hydrogen-bond donors (Lipinski definition) is 0. The molecule has 0 saturated heterocycles. The van der Waals surface area contributed by atoms with E-state index in [1.165, 1.54) is 6.20 Å². The minimum Gasteiger partial charge on any atom is -0.461 e. The van der Waals surface area contributed by atoms with Gasteiger partial charge in [-0.2, -0.15) is 0 Å². The zero-order chi connectivity index (χ0) is 10.7. The summed E-state index contributed by atoms with van der Waals surface area (Å²) in [6, 6.07) is 0. The Balaban J connectivity index is 3.11. The van der Waals surface area contributed by atoms with Crippen molar-refractivity contribution in [3.8, 4) is 0 Å². The van der Waals surface area contributed by atoms with Crippen molar-refractivity contribution in [2.24, 2.45) is 0 Å². The normalized spacial score (nSPS) is 10.0. The van der Waals surface area contributed by atoms with E-state index in [0.717, 1.165) is 0 Å². The van der Waals surface area contributed by atoms with E-state index < -0.39 is 5.97 Å². The second kappa shape index (κ2) is 4.62. The molecule has 14 heavy (non-hydrogen) atoms. The van der Waals surface area contributed by atoms with Crippen LogP contribution >= 0.6 is 23.2 Å². The van der Waals surface area contributed by atoms with Gasteiger partial charge in [-0.15, -0.1) is 0 Å². The lowest BCUT2D eigenvalue weighted by atomic mass is 10.2. The second-order valence-corrected chi connectivity index (χ2v) is 3.40. The Morgan fingerprint density at radius 3 is 2.79 bits per heavy atom. The standard InChI is InChI=1S/C9H9Cl2NO2/c1-3-14-9(13)8-7(11)5(2)6(10)4-12-8/h4H,3H2,1-2H3. The summed E-state index contributed by atoms with van der Waals surface area (Å²) in [5, 5.41) is 0.680. The van der Waals surface area contributed by atoms with Crippen LogP contribution in [-0.4, -0.2) is 17.6 Å². The Labute approximate surface area is 92.0 Å². The molecule has 0 unspecified atom stereocenters. The lowest BCUT2D eigenvalue weighted by Crippen LogP contribution is -2.08. The zero-order valence-corrected chi connectivity index (χ0v) is 9.32. The first-order chi connectivity index (χ1) is 6.57. The Morgan fingerprint density at radius 1 is 1.57 bits per heavy atom. The first kappa shape index (κ1) is 11.3. The summed E-state index contributed by atoms with van der Waals surface area (Å²) in [5.41, 5.74) is 0.738. The molecule has 0 aliphatic rings.